The van der Waals surface area contributed by atoms with Crippen LogP contribution in [-0.4, -0.2) is 46.1 Å². The maximum absolute atomic E-state index is 12.9. The van der Waals surface area contributed by atoms with Crippen LogP contribution in [-0.2, 0) is 4.79 Å². The Balaban J connectivity index is 1.43. The lowest BCUT2D eigenvalue weighted by Gasteiger charge is -2.20. The van der Waals surface area contributed by atoms with Gasteiger partial charge in [-0.15, -0.1) is 11.3 Å². The molecule has 1 saturated heterocycles. The molecule has 4 rings (SSSR count). The number of aromatic nitrogens is 2. The zero-order chi connectivity index (χ0) is 20.8. The van der Waals surface area contributed by atoms with Crippen LogP contribution in [0.2, 0.25) is 0 Å². The zero-order valence-corrected chi connectivity index (χ0v) is 17.7. The quantitative estimate of drug-likeness (QED) is 0.583. The summed E-state index contributed by atoms with van der Waals surface area (Å²) >= 11 is 1.60. The molecule has 0 spiro atoms. The number of thiophene rings is 1. The van der Waals surface area contributed by atoms with Gasteiger partial charge in [0.2, 0.25) is 5.91 Å². The fraction of sp³-hybridized carbons (Fsp3) is 0.348. The summed E-state index contributed by atoms with van der Waals surface area (Å²) in [6.45, 7) is 2.05. The molecular formula is C23H26N4O2S. The lowest BCUT2D eigenvalue weighted by molar-refractivity contribution is -0.130. The van der Waals surface area contributed by atoms with Crippen LogP contribution in [0.15, 0.2) is 53.9 Å². The van der Waals surface area contributed by atoms with Gasteiger partial charge in [-0.1, -0.05) is 30.7 Å². The summed E-state index contributed by atoms with van der Waals surface area (Å²) in [5, 5.41) is 9.68. The van der Waals surface area contributed by atoms with Crippen molar-refractivity contribution in [3.63, 3.8) is 0 Å². The van der Waals surface area contributed by atoms with Gasteiger partial charge in [0, 0.05) is 26.1 Å². The molecule has 1 aromatic carbocycles. The summed E-state index contributed by atoms with van der Waals surface area (Å²) in [4.78, 5) is 28.0. The minimum absolute atomic E-state index is 0.156. The lowest BCUT2D eigenvalue weighted by Crippen LogP contribution is -2.34. The van der Waals surface area contributed by atoms with Gasteiger partial charge in [-0.25, -0.2) is 4.68 Å². The van der Waals surface area contributed by atoms with E-state index in [0.29, 0.717) is 25.2 Å². The first-order valence-corrected chi connectivity index (χ1v) is 11.4. The largest absolute Gasteiger partial charge is 0.351 e. The highest BCUT2D eigenvalue weighted by molar-refractivity contribution is 7.13. The van der Waals surface area contributed by atoms with Crippen molar-refractivity contribution in [1.82, 2.24) is 20.0 Å². The third-order valence-electron chi connectivity index (χ3n) is 5.28. The average Bonchev–Trinajstić information content (AvgIpc) is 3.41. The maximum atomic E-state index is 12.9. The van der Waals surface area contributed by atoms with Gasteiger partial charge in [0.25, 0.3) is 5.91 Å². The Hall–Kier alpha value is -2.93. The molecule has 1 N–H and O–H groups in total. The van der Waals surface area contributed by atoms with Gasteiger partial charge in [-0.2, -0.15) is 5.10 Å². The topological polar surface area (TPSA) is 67.2 Å². The molecule has 0 aliphatic carbocycles. The highest BCUT2D eigenvalue weighted by atomic mass is 32.1. The summed E-state index contributed by atoms with van der Waals surface area (Å²) in [5.74, 6) is 0.0814. The van der Waals surface area contributed by atoms with Gasteiger partial charge >= 0.3 is 0 Å². The number of likely N-dealkylation sites (tertiary alicyclic amines) is 1. The van der Waals surface area contributed by atoms with Crippen molar-refractivity contribution >= 4 is 23.2 Å². The molecule has 2 aromatic heterocycles. The van der Waals surface area contributed by atoms with Crippen LogP contribution in [0.5, 0.6) is 0 Å². The minimum Gasteiger partial charge on any atom is -0.351 e. The molecule has 1 aliphatic heterocycles. The van der Waals surface area contributed by atoms with E-state index in [2.05, 4.69) is 10.4 Å². The fourth-order valence-corrected chi connectivity index (χ4v) is 4.37. The molecule has 1 aliphatic rings. The van der Waals surface area contributed by atoms with Crippen molar-refractivity contribution in [3.05, 3.63) is 59.6 Å². The molecule has 2 amide bonds. The maximum Gasteiger partial charge on any atom is 0.270 e. The van der Waals surface area contributed by atoms with Crippen molar-refractivity contribution in [2.45, 2.75) is 32.1 Å². The van der Waals surface area contributed by atoms with E-state index in [-0.39, 0.29) is 11.8 Å². The number of hydrogen-bond donors (Lipinski definition) is 1. The van der Waals surface area contributed by atoms with E-state index in [1.54, 1.807) is 16.0 Å². The number of carbonyl (C=O) groups excluding carboxylic acids is 2. The average molecular weight is 423 g/mol. The summed E-state index contributed by atoms with van der Waals surface area (Å²) in [7, 11) is 0. The number of nitrogens with zero attached hydrogens (tertiary/aromatic N) is 3. The summed E-state index contributed by atoms with van der Waals surface area (Å²) in [6, 6.07) is 15.5. The van der Waals surface area contributed by atoms with E-state index in [1.807, 2.05) is 58.8 Å². The Morgan fingerprint density at radius 3 is 2.77 bits per heavy atom. The Labute approximate surface area is 180 Å². The lowest BCUT2D eigenvalue weighted by atomic mass is 10.2. The van der Waals surface area contributed by atoms with E-state index >= 15 is 0 Å². The number of para-hydroxylation sites is 1. The van der Waals surface area contributed by atoms with Crippen molar-refractivity contribution in [2.75, 3.05) is 19.6 Å². The van der Waals surface area contributed by atoms with Crippen LogP contribution < -0.4 is 5.32 Å². The van der Waals surface area contributed by atoms with Gasteiger partial charge in [0.15, 0.2) is 0 Å². The number of rotatable bonds is 7. The van der Waals surface area contributed by atoms with Gasteiger partial charge in [0.1, 0.15) is 11.4 Å². The highest BCUT2D eigenvalue weighted by Crippen LogP contribution is 2.25. The van der Waals surface area contributed by atoms with Crippen molar-refractivity contribution in [1.29, 1.82) is 0 Å². The van der Waals surface area contributed by atoms with Crippen LogP contribution in [0.3, 0.4) is 0 Å². The number of amides is 2. The Morgan fingerprint density at radius 1 is 1.10 bits per heavy atom. The van der Waals surface area contributed by atoms with Crippen LogP contribution >= 0.6 is 11.3 Å². The van der Waals surface area contributed by atoms with Gasteiger partial charge in [-0.3, -0.25) is 9.59 Å². The van der Waals surface area contributed by atoms with E-state index < -0.39 is 0 Å². The van der Waals surface area contributed by atoms with Crippen LogP contribution in [0.25, 0.3) is 16.3 Å². The summed E-state index contributed by atoms with van der Waals surface area (Å²) in [5.41, 5.74) is 2.14. The van der Waals surface area contributed by atoms with Crippen LogP contribution in [0.4, 0.5) is 0 Å². The molecule has 0 atom stereocenters. The molecule has 0 saturated carbocycles. The second-order valence-electron chi connectivity index (χ2n) is 7.44. The predicted molar refractivity (Wildman–Crippen MR) is 119 cm³/mol. The first-order chi connectivity index (χ1) is 14.7. The van der Waals surface area contributed by atoms with Crippen LogP contribution in [0.1, 0.15) is 42.6 Å². The normalized spacial score (nSPS) is 14.5. The third kappa shape index (κ3) is 4.79. The Morgan fingerprint density at radius 2 is 1.97 bits per heavy atom. The van der Waals surface area contributed by atoms with Crippen LogP contribution in [0, 0.1) is 0 Å². The fourth-order valence-electron chi connectivity index (χ4n) is 3.69. The summed E-state index contributed by atoms with van der Waals surface area (Å²) in [6.07, 6.45) is 4.57. The third-order valence-corrected chi connectivity index (χ3v) is 6.17. The second-order valence-corrected chi connectivity index (χ2v) is 8.39. The Bertz CT molecular complexity index is 982. The SMILES string of the molecule is O=C(NCCCN1CCCCCC1=O)c1cc(-c2cccs2)nn1-c1ccccc1. The van der Waals surface area contributed by atoms with Crippen molar-refractivity contribution in [3.8, 4) is 16.3 Å². The minimum atomic E-state index is -0.156. The first-order valence-electron chi connectivity index (χ1n) is 10.5. The van der Waals surface area contributed by atoms with Gasteiger partial charge in [-0.05, 0) is 48.9 Å². The molecule has 156 valence electrons. The molecule has 7 heteroatoms. The zero-order valence-electron chi connectivity index (χ0n) is 16.9. The van der Waals surface area contributed by atoms with Crippen molar-refractivity contribution in [2.24, 2.45) is 0 Å². The Kier molecular flexibility index (Phi) is 6.59. The van der Waals surface area contributed by atoms with E-state index in [9.17, 15) is 9.59 Å². The first kappa shape index (κ1) is 20.3. The molecule has 1 fully saturated rings. The molecule has 0 bridgehead atoms. The molecule has 3 heterocycles. The molecule has 0 unspecified atom stereocenters. The molecule has 30 heavy (non-hydrogen) atoms. The van der Waals surface area contributed by atoms with E-state index in [0.717, 1.165) is 48.5 Å². The van der Waals surface area contributed by atoms with E-state index in [1.165, 1.54) is 0 Å². The molecule has 0 radical (unpaired) electrons. The number of carbonyl (C=O) groups is 2. The monoisotopic (exact) mass is 422 g/mol. The standard InChI is InChI=1S/C23H26N4O2S/c28-22-12-5-2-6-14-26(22)15-8-13-24-23(29)20-17-19(21-11-7-16-30-21)25-27(20)18-9-3-1-4-10-18/h1,3-4,7,9-11,16-17H,2,5-6,8,12-15H2,(H,24,29). The predicted octanol–water partition coefficient (Wildman–Crippen LogP) is 4.12. The number of hydrogen-bond acceptors (Lipinski definition) is 4. The molecule has 6 nitrogen and oxygen atoms in total. The number of nitrogens with one attached hydrogen (secondary N) is 1. The highest BCUT2D eigenvalue weighted by Gasteiger charge is 2.19. The van der Waals surface area contributed by atoms with E-state index in [4.69, 9.17) is 0 Å². The second kappa shape index (κ2) is 9.71. The summed E-state index contributed by atoms with van der Waals surface area (Å²) < 4.78 is 1.70. The smallest absolute Gasteiger partial charge is 0.270 e. The van der Waals surface area contributed by atoms with Gasteiger partial charge < -0.3 is 10.2 Å². The van der Waals surface area contributed by atoms with Gasteiger partial charge in [0.05, 0.1) is 10.6 Å². The number of benzene rings is 1. The van der Waals surface area contributed by atoms with Crippen molar-refractivity contribution < 1.29 is 9.59 Å². The molecular weight excluding hydrogens is 396 g/mol. The molecule has 3 aromatic rings.